The first-order chi connectivity index (χ1) is 28.8. The molecule has 0 bridgehead atoms. The summed E-state index contributed by atoms with van der Waals surface area (Å²) in [4.78, 5) is 2.40. The number of benzene rings is 10. The van der Waals surface area contributed by atoms with Crippen molar-refractivity contribution in [3.05, 3.63) is 231 Å². The molecule has 0 unspecified atom stereocenters. The summed E-state index contributed by atoms with van der Waals surface area (Å²) in [5.41, 5.74) is 13.9. The summed E-state index contributed by atoms with van der Waals surface area (Å²) in [5.74, 6) is 0. The molecule has 272 valence electrons. The molecule has 0 saturated heterocycles. The van der Waals surface area contributed by atoms with Crippen molar-refractivity contribution >= 4 is 60.4 Å². The molecule has 0 fully saturated rings. The largest absolute Gasteiger partial charge is 0.310 e. The Kier molecular flexibility index (Phi) is 8.19. The SMILES string of the molecule is c1ccc(-c2ccccc2N(c2ccccc2)c2ccc3c4ccccc4n(-c4ccc(-c5cccc6ccccc56)cc4-c4cccc5ccccc45)c3c2)cc1. The minimum absolute atomic E-state index is 1.09. The van der Waals surface area contributed by atoms with Crippen molar-refractivity contribution in [3.63, 3.8) is 0 Å². The lowest BCUT2D eigenvalue weighted by molar-refractivity contribution is 1.18. The Balaban J connectivity index is 1.20. The van der Waals surface area contributed by atoms with Crippen molar-refractivity contribution in [1.29, 1.82) is 0 Å². The molecule has 1 heterocycles. The zero-order valence-electron chi connectivity index (χ0n) is 31.8. The summed E-state index contributed by atoms with van der Waals surface area (Å²) < 4.78 is 2.49. The first-order valence-electron chi connectivity index (χ1n) is 19.9. The molecule has 2 nitrogen and oxygen atoms in total. The van der Waals surface area contributed by atoms with Crippen molar-refractivity contribution in [2.45, 2.75) is 0 Å². The molecule has 0 aliphatic carbocycles. The fourth-order valence-corrected chi connectivity index (χ4v) is 8.94. The molecule has 1 aromatic heterocycles. The lowest BCUT2D eigenvalue weighted by Crippen LogP contribution is -2.11. The number of para-hydroxylation sites is 3. The highest BCUT2D eigenvalue weighted by atomic mass is 15.1. The number of anilines is 3. The summed E-state index contributed by atoms with van der Waals surface area (Å²) in [6.07, 6.45) is 0. The number of hydrogen-bond donors (Lipinski definition) is 0. The fraction of sp³-hybridized carbons (Fsp3) is 0. The van der Waals surface area contributed by atoms with Crippen LogP contribution >= 0.6 is 0 Å². The molecule has 0 aliphatic heterocycles. The first-order valence-corrected chi connectivity index (χ1v) is 19.9. The van der Waals surface area contributed by atoms with Gasteiger partial charge in [0.25, 0.3) is 0 Å². The fourth-order valence-electron chi connectivity index (χ4n) is 8.94. The van der Waals surface area contributed by atoms with E-state index in [9.17, 15) is 0 Å². The third-order valence-electron chi connectivity index (χ3n) is 11.6. The second kappa shape index (κ2) is 14.1. The smallest absolute Gasteiger partial charge is 0.0562 e. The van der Waals surface area contributed by atoms with Crippen molar-refractivity contribution in [3.8, 4) is 39.1 Å². The van der Waals surface area contributed by atoms with Gasteiger partial charge in [0, 0.05) is 33.3 Å². The average Bonchev–Trinajstić information content (AvgIpc) is 3.63. The van der Waals surface area contributed by atoms with E-state index in [0.29, 0.717) is 0 Å². The van der Waals surface area contributed by atoms with Gasteiger partial charge in [0.2, 0.25) is 0 Å². The van der Waals surface area contributed by atoms with Crippen LogP contribution in [0.1, 0.15) is 0 Å². The number of rotatable bonds is 7. The molecule has 0 radical (unpaired) electrons. The van der Waals surface area contributed by atoms with Gasteiger partial charge in [-0.3, -0.25) is 0 Å². The number of nitrogens with zero attached hydrogens (tertiary/aromatic N) is 2. The van der Waals surface area contributed by atoms with Crippen molar-refractivity contribution < 1.29 is 0 Å². The maximum atomic E-state index is 2.49. The summed E-state index contributed by atoms with van der Waals surface area (Å²) >= 11 is 0. The van der Waals surface area contributed by atoms with Gasteiger partial charge in [-0.1, -0.05) is 182 Å². The number of hydrogen-bond acceptors (Lipinski definition) is 1. The quantitative estimate of drug-likeness (QED) is 0.158. The molecule has 10 aromatic carbocycles. The zero-order valence-corrected chi connectivity index (χ0v) is 31.8. The highest BCUT2D eigenvalue weighted by Gasteiger charge is 2.22. The van der Waals surface area contributed by atoms with Crippen LogP contribution in [0.15, 0.2) is 231 Å². The molecule has 0 amide bonds. The van der Waals surface area contributed by atoms with Gasteiger partial charge in [-0.2, -0.15) is 0 Å². The zero-order chi connectivity index (χ0) is 38.4. The van der Waals surface area contributed by atoms with Crippen LogP contribution in [-0.2, 0) is 0 Å². The molecule has 2 heteroatoms. The van der Waals surface area contributed by atoms with E-state index in [0.717, 1.165) is 28.3 Å². The molecule has 0 saturated carbocycles. The monoisotopic (exact) mass is 738 g/mol. The molecular weight excluding hydrogens is 701 g/mol. The molecule has 0 atom stereocenters. The average molecular weight is 739 g/mol. The van der Waals surface area contributed by atoms with Crippen LogP contribution in [0.3, 0.4) is 0 Å². The van der Waals surface area contributed by atoms with Crippen LogP contribution in [0.2, 0.25) is 0 Å². The molecule has 0 aliphatic rings. The van der Waals surface area contributed by atoms with Crippen molar-refractivity contribution in [1.82, 2.24) is 4.57 Å². The Morgan fingerprint density at radius 2 is 0.862 bits per heavy atom. The minimum Gasteiger partial charge on any atom is -0.310 e. The van der Waals surface area contributed by atoms with E-state index in [1.54, 1.807) is 0 Å². The third-order valence-corrected chi connectivity index (χ3v) is 11.6. The van der Waals surface area contributed by atoms with E-state index in [4.69, 9.17) is 0 Å². The van der Waals surface area contributed by atoms with Gasteiger partial charge in [-0.05, 0) is 92.3 Å². The minimum atomic E-state index is 1.09. The van der Waals surface area contributed by atoms with Gasteiger partial charge in [0.1, 0.15) is 0 Å². The topological polar surface area (TPSA) is 8.17 Å². The van der Waals surface area contributed by atoms with E-state index in [-0.39, 0.29) is 0 Å². The Bertz CT molecular complexity index is 3280. The van der Waals surface area contributed by atoms with Crippen LogP contribution in [0.25, 0.3) is 82.4 Å². The van der Waals surface area contributed by atoms with Gasteiger partial charge < -0.3 is 9.47 Å². The molecular formula is C56H38N2. The highest BCUT2D eigenvalue weighted by Crippen LogP contribution is 2.45. The van der Waals surface area contributed by atoms with Crippen molar-refractivity contribution in [2.75, 3.05) is 4.90 Å². The number of aromatic nitrogens is 1. The predicted octanol–water partition coefficient (Wildman–Crippen LogP) is 15.6. The van der Waals surface area contributed by atoms with Crippen LogP contribution < -0.4 is 4.90 Å². The van der Waals surface area contributed by atoms with Gasteiger partial charge in [-0.15, -0.1) is 0 Å². The van der Waals surface area contributed by atoms with Crippen LogP contribution in [0.5, 0.6) is 0 Å². The molecule has 11 aromatic rings. The summed E-state index contributed by atoms with van der Waals surface area (Å²) in [7, 11) is 0. The summed E-state index contributed by atoms with van der Waals surface area (Å²) in [6.45, 7) is 0. The maximum Gasteiger partial charge on any atom is 0.0562 e. The van der Waals surface area contributed by atoms with E-state index < -0.39 is 0 Å². The van der Waals surface area contributed by atoms with Crippen molar-refractivity contribution in [2.24, 2.45) is 0 Å². The Morgan fingerprint density at radius 3 is 1.64 bits per heavy atom. The number of fused-ring (bicyclic) bond motifs is 5. The Morgan fingerprint density at radius 1 is 0.293 bits per heavy atom. The lowest BCUT2D eigenvalue weighted by atomic mass is 9.92. The normalized spacial score (nSPS) is 11.4. The second-order valence-electron chi connectivity index (χ2n) is 14.9. The molecule has 58 heavy (non-hydrogen) atoms. The highest BCUT2D eigenvalue weighted by molar-refractivity contribution is 6.12. The van der Waals surface area contributed by atoms with Gasteiger partial charge in [0.15, 0.2) is 0 Å². The first kappa shape index (κ1) is 33.6. The molecule has 0 N–H and O–H groups in total. The maximum absolute atomic E-state index is 2.49. The van der Waals surface area contributed by atoms with Crippen LogP contribution in [0, 0.1) is 0 Å². The third kappa shape index (κ3) is 5.66. The Hall–Kier alpha value is -7.68. The van der Waals surface area contributed by atoms with Crippen LogP contribution in [-0.4, -0.2) is 4.57 Å². The summed E-state index contributed by atoms with van der Waals surface area (Å²) in [5, 5.41) is 7.38. The van der Waals surface area contributed by atoms with Gasteiger partial charge >= 0.3 is 0 Å². The second-order valence-corrected chi connectivity index (χ2v) is 14.9. The van der Waals surface area contributed by atoms with E-state index in [2.05, 4.69) is 240 Å². The molecule has 11 rings (SSSR count). The lowest BCUT2D eigenvalue weighted by Gasteiger charge is -2.28. The van der Waals surface area contributed by atoms with E-state index in [1.807, 2.05) is 0 Å². The van der Waals surface area contributed by atoms with Gasteiger partial charge in [0.05, 0.1) is 22.4 Å². The summed E-state index contributed by atoms with van der Waals surface area (Å²) in [6, 6.07) is 83.8. The van der Waals surface area contributed by atoms with Gasteiger partial charge in [-0.25, -0.2) is 0 Å². The van der Waals surface area contributed by atoms with Crippen LogP contribution in [0.4, 0.5) is 17.1 Å². The van der Waals surface area contributed by atoms with E-state index >= 15 is 0 Å². The van der Waals surface area contributed by atoms with E-state index in [1.165, 1.54) is 71.2 Å². The molecule has 0 spiro atoms. The Labute approximate surface area is 338 Å². The predicted molar refractivity (Wildman–Crippen MR) is 247 cm³/mol. The standard InChI is InChI=1S/C56H38N2/c1-3-17-41(18-4-1)48-27-11-13-31-53(48)57(43-23-5-2-6-24-43)44-34-35-51-50-28-12-14-32-54(50)58(56(51)38-44)55-36-33-42(47-29-15-21-39-19-7-9-25-45(39)47)37-52(55)49-30-16-22-40-20-8-10-26-46(40)49/h1-38H.